The van der Waals surface area contributed by atoms with E-state index in [9.17, 15) is 9.18 Å². The van der Waals surface area contributed by atoms with Crippen LogP contribution in [-0.4, -0.2) is 12.9 Å². The number of ether oxygens (including phenoxy) is 1. The summed E-state index contributed by atoms with van der Waals surface area (Å²) < 4.78 is 17.7. The van der Waals surface area contributed by atoms with E-state index >= 15 is 0 Å². The molecule has 0 aliphatic carbocycles. The van der Waals surface area contributed by atoms with Crippen molar-refractivity contribution in [3.63, 3.8) is 0 Å². The van der Waals surface area contributed by atoms with E-state index in [2.05, 4.69) is 0 Å². The second-order valence-corrected chi connectivity index (χ2v) is 2.88. The average molecular weight is 182 g/mol. The second kappa shape index (κ2) is 4.03. The molecule has 70 valence electrons. The summed E-state index contributed by atoms with van der Waals surface area (Å²) in [6.07, 6.45) is 0.244. The molecule has 13 heavy (non-hydrogen) atoms. The monoisotopic (exact) mass is 182 g/mol. The van der Waals surface area contributed by atoms with Crippen molar-refractivity contribution in [2.75, 3.05) is 7.11 Å². The third-order valence-electron chi connectivity index (χ3n) is 1.62. The Kier molecular flexibility index (Phi) is 3.01. The summed E-state index contributed by atoms with van der Waals surface area (Å²) in [5.41, 5.74) is 0.643. The Balaban J connectivity index is 2.94. The van der Waals surface area contributed by atoms with Crippen LogP contribution in [0.4, 0.5) is 4.39 Å². The van der Waals surface area contributed by atoms with Crippen LogP contribution in [0.1, 0.15) is 12.5 Å². The van der Waals surface area contributed by atoms with Gasteiger partial charge in [0.1, 0.15) is 17.3 Å². The van der Waals surface area contributed by atoms with Gasteiger partial charge in [-0.2, -0.15) is 0 Å². The molecule has 0 spiro atoms. The highest BCUT2D eigenvalue weighted by atomic mass is 19.1. The van der Waals surface area contributed by atoms with Gasteiger partial charge in [-0.1, -0.05) is 0 Å². The molecule has 1 rings (SSSR count). The molecule has 0 aliphatic rings. The Morgan fingerprint density at radius 2 is 2.15 bits per heavy atom. The molecule has 0 heterocycles. The zero-order chi connectivity index (χ0) is 9.84. The highest BCUT2D eigenvalue weighted by molar-refractivity contribution is 5.78. The van der Waals surface area contributed by atoms with Gasteiger partial charge in [0.05, 0.1) is 7.11 Å². The zero-order valence-electron chi connectivity index (χ0n) is 7.63. The van der Waals surface area contributed by atoms with Gasteiger partial charge in [-0.15, -0.1) is 0 Å². The smallest absolute Gasteiger partial charge is 0.134 e. The molecule has 0 fully saturated rings. The lowest BCUT2D eigenvalue weighted by molar-refractivity contribution is -0.116. The first-order chi connectivity index (χ1) is 6.11. The zero-order valence-corrected chi connectivity index (χ0v) is 7.63. The minimum absolute atomic E-state index is 0.00709. The predicted octanol–water partition coefficient (Wildman–Crippen LogP) is 1.97. The van der Waals surface area contributed by atoms with Crippen molar-refractivity contribution in [3.05, 3.63) is 29.6 Å². The maximum absolute atomic E-state index is 12.9. The Hall–Kier alpha value is -1.38. The van der Waals surface area contributed by atoms with Gasteiger partial charge in [0.2, 0.25) is 0 Å². The van der Waals surface area contributed by atoms with Gasteiger partial charge < -0.3 is 4.74 Å². The van der Waals surface area contributed by atoms with Crippen LogP contribution in [0.25, 0.3) is 0 Å². The summed E-state index contributed by atoms with van der Waals surface area (Å²) in [5.74, 6) is 0.0690. The SMILES string of the molecule is COc1cc(F)cc(CC(C)=O)c1. The van der Waals surface area contributed by atoms with Gasteiger partial charge in [0.25, 0.3) is 0 Å². The number of hydrogen-bond acceptors (Lipinski definition) is 2. The topological polar surface area (TPSA) is 26.3 Å². The van der Waals surface area contributed by atoms with E-state index in [0.717, 1.165) is 0 Å². The van der Waals surface area contributed by atoms with Crippen LogP contribution in [0.5, 0.6) is 5.75 Å². The molecule has 0 aromatic heterocycles. The van der Waals surface area contributed by atoms with Crippen molar-refractivity contribution in [1.29, 1.82) is 0 Å². The highest BCUT2D eigenvalue weighted by Gasteiger charge is 2.02. The molecule has 0 aliphatic heterocycles. The summed E-state index contributed by atoms with van der Waals surface area (Å²) in [7, 11) is 1.46. The third-order valence-corrected chi connectivity index (χ3v) is 1.62. The third kappa shape index (κ3) is 2.86. The number of ketones is 1. The highest BCUT2D eigenvalue weighted by Crippen LogP contribution is 2.16. The second-order valence-electron chi connectivity index (χ2n) is 2.88. The van der Waals surface area contributed by atoms with E-state index in [1.165, 1.54) is 26.2 Å². The van der Waals surface area contributed by atoms with Crippen molar-refractivity contribution in [2.45, 2.75) is 13.3 Å². The number of carbonyl (C=O) groups is 1. The fourth-order valence-corrected chi connectivity index (χ4v) is 1.13. The largest absolute Gasteiger partial charge is 0.497 e. The van der Waals surface area contributed by atoms with E-state index in [1.54, 1.807) is 6.07 Å². The van der Waals surface area contributed by atoms with Gasteiger partial charge in [-0.05, 0) is 24.6 Å². The van der Waals surface area contributed by atoms with Crippen LogP contribution in [0.3, 0.4) is 0 Å². The number of carbonyl (C=O) groups excluding carboxylic acids is 1. The van der Waals surface area contributed by atoms with Crippen molar-refractivity contribution in [2.24, 2.45) is 0 Å². The summed E-state index contributed by atoms with van der Waals surface area (Å²) in [4.78, 5) is 10.8. The first kappa shape index (κ1) is 9.71. The number of hydrogen-bond donors (Lipinski definition) is 0. The molecule has 0 saturated heterocycles. The summed E-state index contributed by atoms with van der Waals surface area (Å²) in [6.45, 7) is 1.47. The first-order valence-electron chi connectivity index (χ1n) is 3.94. The van der Waals surface area contributed by atoms with Crippen LogP contribution >= 0.6 is 0 Å². The molecule has 1 aromatic carbocycles. The molecule has 2 nitrogen and oxygen atoms in total. The lowest BCUT2D eigenvalue weighted by atomic mass is 10.1. The van der Waals surface area contributed by atoms with Gasteiger partial charge >= 0.3 is 0 Å². The van der Waals surface area contributed by atoms with Gasteiger partial charge in [-0.25, -0.2) is 4.39 Å². The van der Waals surface area contributed by atoms with E-state index < -0.39 is 0 Å². The van der Waals surface area contributed by atoms with Crippen LogP contribution in [0.15, 0.2) is 18.2 Å². The van der Waals surface area contributed by atoms with Crippen molar-refractivity contribution >= 4 is 5.78 Å². The minimum Gasteiger partial charge on any atom is -0.497 e. The van der Waals surface area contributed by atoms with Crippen molar-refractivity contribution in [1.82, 2.24) is 0 Å². The lowest BCUT2D eigenvalue weighted by Gasteiger charge is -2.03. The molecule has 0 atom stereocenters. The van der Waals surface area contributed by atoms with E-state index in [0.29, 0.717) is 11.3 Å². The standard InChI is InChI=1S/C10H11FO2/c1-7(12)3-8-4-9(11)6-10(5-8)13-2/h4-6H,3H2,1-2H3. The molecule has 3 heteroatoms. The molecule has 0 N–H and O–H groups in total. The van der Waals surface area contributed by atoms with Gasteiger partial charge in [0.15, 0.2) is 0 Å². The first-order valence-corrected chi connectivity index (χ1v) is 3.94. The normalized spacial score (nSPS) is 9.77. The molecule has 1 aromatic rings. The summed E-state index contributed by atoms with van der Waals surface area (Å²) >= 11 is 0. The minimum atomic E-state index is -0.379. The van der Waals surface area contributed by atoms with Crippen molar-refractivity contribution in [3.8, 4) is 5.75 Å². The molecular formula is C10H11FO2. The molecule has 0 saturated carbocycles. The van der Waals surface area contributed by atoms with Crippen molar-refractivity contribution < 1.29 is 13.9 Å². The number of Topliss-reactive ketones (excluding diaryl/α,β-unsaturated/α-hetero) is 1. The van der Waals surface area contributed by atoms with Crippen LogP contribution in [0.2, 0.25) is 0 Å². The maximum Gasteiger partial charge on any atom is 0.134 e. The number of benzene rings is 1. The molecule has 0 unspecified atom stereocenters. The quantitative estimate of drug-likeness (QED) is 0.714. The van der Waals surface area contributed by atoms with E-state index in [1.807, 2.05) is 0 Å². The average Bonchev–Trinajstić information content (AvgIpc) is 2.01. The molecular weight excluding hydrogens is 171 g/mol. The molecule has 0 amide bonds. The predicted molar refractivity (Wildman–Crippen MR) is 47.3 cm³/mol. The lowest BCUT2D eigenvalue weighted by Crippen LogP contribution is -1.97. The number of halogens is 1. The Morgan fingerprint density at radius 1 is 1.46 bits per heavy atom. The Bertz CT molecular complexity index is 321. The van der Waals surface area contributed by atoms with Crippen LogP contribution in [-0.2, 0) is 11.2 Å². The van der Waals surface area contributed by atoms with E-state index in [4.69, 9.17) is 4.74 Å². The summed E-state index contributed by atoms with van der Waals surface area (Å²) in [5, 5.41) is 0. The molecule has 0 radical (unpaired) electrons. The molecule has 0 bridgehead atoms. The number of methoxy groups -OCH3 is 1. The summed E-state index contributed by atoms with van der Waals surface area (Å²) in [6, 6.07) is 4.28. The van der Waals surface area contributed by atoms with Crippen LogP contribution in [0, 0.1) is 5.82 Å². The Morgan fingerprint density at radius 3 is 2.69 bits per heavy atom. The fourth-order valence-electron chi connectivity index (χ4n) is 1.13. The fraction of sp³-hybridized carbons (Fsp3) is 0.300. The van der Waals surface area contributed by atoms with Crippen LogP contribution < -0.4 is 4.74 Å². The van der Waals surface area contributed by atoms with Gasteiger partial charge in [0, 0.05) is 12.5 Å². The number of rotatable bonds is 3. The van der Waals surface area contributed by atoms with Gasteiger partial charge in [-0.3, -0.25) is 4.79 Å². The maximum atomic E-state index is 12.9. The Labute approximate surface area is 76.3 Å². The van der Waals surface area contributed by atoms with E-state index in [-0.39, 0.29) is 18.0 Å².